The number of aryl methyl sites for hydroxylation is 1. The van der Waals surface area contributed by atoms with Crippen molar-refractivity contribution in [3.05, 3.63) is 35.9 Å². The summed E-state index contributed by atoms with van der Waals surface area (Å²) in [6.45, 7) is 4.52. The van der Waals surface area contributed by atoms with Crippen LogP contribution in [0, 0.1) is 0 Å². The first-order chi connectivity index (χ1) is 8.27. The number of hydrogen-bond acceptors (Lipinski definition) is 2. The Hall–Kier alpha value is -1.31. The van der Waals surface area contributed by atoms with E-state index in [1.807, 2.05) is 0 Å². The van der Waals surface area contributed by atoms with Crippen LogP contribution in [0.4, 0.5) is 0 Å². The monoisotopic (exact) mass is 230 g/mol. The topological polar surface area (TPSA) is 15.6 Å². The van der Waals surface area contributed by atoms with E-state index in [1.54, 1.807) is 0 Å². The molecule has 1 aliphatic heterocycles. The number of nitrogens with zero attached hydrogens (tertiary/aromatic N) is 2. The molecule has 0 saturated carbocycles. The van der Waals surface area contributed by atoms with Gasteiger partial charge in [0.15, 0.2) is 0 Å². The van der Waals surface area contributed by atoms with Crippen molar-refractivity contribution in [2.75, 3.05) is 0 Å². The van der Waals surface area contributed by atoms with Gasteiger partial charge < -0.3 is 0 Å². The van der Waals surface area contributed by atoms with Gasteiger partial charge in [0, 0.05) is 18.3 Å². The first-order valence-electron chi connectivity index (χ1n) is 6.62. The van der Waals surface area contributed by atoms with Gasteiger partial charge in [-0.05, 0) is 45.1 Å². The van der Waals surface area contributed by atoms with E-state index in [0.29, 0.717) is 12.1 Å². The average molecular weight is 230 g/mol. The van der Waals surface area contributed by atoms with E-state index in [4.69, 9.17) is 0 Å². The van der Waals surface area contributed by atoms with E-state index in [2.05, 4.69) is 60.5 Å². The van der Waals surface area contributed by atoms with Crippen molar-refractivity contribution in [1.82, 2.24) is 5.01 Å². The predicted octanol–water partition coefficient (Wildman–Crippen LogP) is 3.48. The molecule has 1 aromatic carbocycles. The van der Waals surface area contributed by atoms with Crippen molar-refractivity contribution >= 4 is 6.21 Å². The zero-order chi connectivity index (χ0) is 12.1. The van der Waals surface area contributed by atoms with Crippen LogP contribution in [-0.4, -0.2) is 23.3 Å². The van der Waals surface area contributed by atoms with Gasteiger partial charge in [0.25, 0.3) is 0 Å². The fourth-order valence-corrected chi connectivity index (χ4v) is 2.44. The smallest absolute Gasteiger partial charge is 0.0446 e. The Labute approximate surface area is 104 Å². The summed E-state index contributed by atoms with van der Waals surface area (Å²) in [6.07, 6.45) is 6.74. The molecule has 0 amide bonds. The average Bonchev–Trinajstić information content (AvgIpc) is 2.67. The van der Waals surface area contributed by atoms with Crippen LogP contribution < -0.4 is 0 Å². The molecule has 0 unspecified atom stereocenters. The Kier molecular flexibility index (Phi) is 4.18. The highest BCUT2D eigenvalue weighted by Crippen LogP contribution is 2.23. The maximum Gasteiger partial charge on any atom is 0.0446 e. The summed E-state index contributed by atoms with van der Waals surface area (Å²) in [7, 11) is 0. The van der Waals surface area contributed by atoms with Crippen LogP contribution in [0.5, 0.6) is 0 Å². The summed E-state index contributed by atoms with van der Waals surface area (Å²) in [4.78, 5) is 0. The summed E-state index contributed by atoms with van der Waals surface area (Å²) in [5.41, 5.74) is 1.39. The first kappa shape index (κ1) is 12.2. The van der Waals surface area contributed by atoms with Gasteiger partial charge >= 0.3 is 0 Å². The van der Waals surface area contributed by atoms with E-state index < -0.39 is 0 Å². The van der Waals surface area contributed by atoms with E-state index in [9.17, 15) is 0 Å². The minimum Gasteiger partial charge on any atom is -0.292 e. The molecule has 0 spiro atoms. The van der Waals surface area contributed by atoms with Gasteiger partial charge in [-0.15, -0.1) is 0 Å². The van der Waals surface area contributed by atoms with Gasteiger partial charge in [0.05, 0.1) is 0 Å². The third-order valence-corrected chi connectivity index (χ3v) is 3.53. The van der Waals surface area contributed by atoms with Crippen LogP contribution in [-0.2, 0) is 6.42 Å². The minimum atomic E-state index is 0.609. The number of rotatable bonds is 4. The van der Waals surface area contributed by atoms with Crippen LogP contribution in [0.15, 0.2) is 35.4 Å². The Morgan fingerprint density at radius 1 is 1.18 bits per heavy atom. The van der Waals surface area contributed by atoms with E-state index in [1.165, 1.54) is 18.4 Å². The van der Waals surface area contributed by atoms with Gasteiger partial charge in [-0.2, -0.15) is 5.10 Å². The molecule has 17 heavy (non-hydrogen) atoms. The molecule has 2 rings (SSSR count). The molecule has 1 heterocycles. The second kappa shape index (κ2) is 5.85. The van der Waals surface area contributed by atoms with Crippen LogP contribution in [0.3, 0.4) is 0 Å². The third-order valence-electron chi connectivity index (χ3n) is 3.53. The predicted molar refractivity (Wildman–Crippen MR) is 73.3 cm³/mol. The summed E-state index contributed by atoms with van der Waals surface area (Å²) < 4.78 is 0. The molecule has 2 nitrogen and oxygen atoms in total. The van der Waals surface area contributed by atoms with Crippen LogP contribution in [0.2, 0.25) is 0 Å². The van der Waals surface area contributed by atoms with Crippen molar-refractivity contribution in [3.63, 3.8) is 0 Å². The van der Waals surface area contributed by atoms with Crippen LogP contribution in [0.1, 0.15) is 38.7 Å². The molecule has 0 N–H and O–H groups in total. The molecule has 1 aromatic rings. The normalized spacial score (nSPS) is 24.7. The van der Waals surface area contributed by atoms with Crippen molar-refractivity contribution in [1.29, 1.82) is 0 Å². The van der Waals surface area contributed by atoms with Crippen LogP contribution >= 0.6 is 0 Å². The quantitative estimate of drug-likeness (QED) is 0.723. The van der Waals surface area contributed by atoms with E-state index in [0.717, 1.165) is 12.8 Å². The van der Waals surface area contributed by atoms with Gasteiger partial charge in [-0.25, -0.2) is 0 Å². The summed E-state index contributed by atoms with van der Waals surface area (Å²) in [6, 6.07) is 11.8. The standard InChI is InChI=1S/C15H22N2/c1-13-10-11-14(2)17(13)16-12-6-9-15-7-4-3-5-8-15/h3-5,7-8,12-14H,6,9-11H2,1-2H3/b16-12+/t13-,14-/m1/s1. The van der Waals surface area contributed by atoms with Crippen molar-refractivity contribution in [2.45, 2.75) is 51.6 Å². The maximum absolute atomic E-state index is 4.61. The molecule has 2 atom stereocenters. The lowest BCUT2D eigenvalue weighted by Crippen LogP contribution is -2.27. The molecule has 1 saturated heterocycles. The largest absolute Gasteiger partial charge is 0.292 e. The number of hydrazone groups is 1. The summed E-state index contributed by atoms with van der Waals surface area (Å²) in [5, 5.41) is 6.86. The highest BCUT2D eigenvalue weighted by Gasteiger charge is 2.25. The summed E-state index contributed by atoms with van der Waals surface area (Å²) >= 11 is 0. The lowest BCUT2D eigenvalue weighted by molar-refractivity contribution is 0.226. The lowest BCUT2D eigenvalue weighted by Gasteiger charge is -2.22. The SMILES string of the molecule is C[C@@H]1CC[C@@H](C)N1/N=C/CCc1ccccc1. The van der Waals surface area contributed by atoms with Crippen LogP contribution in [0.25, 0.3) is 0 Å². The minimum absolute atomic E-state index is 0.609. The summed E-state index contributed by atoms with van der Waals surface area (Å²) in [5.74, 6) is 0. The molecule has 1 fully saturated rings. The Balaban J connectivity index is 1.78. The second-order valence-electron chi connectivity index (χ2n) is 4.98. The Bertz CT molecular complexity index is 348. The number of benzene rings is 1. The zero-order valence-corrected chi connectivity index (χ0v) is 10.8. The van der Waals surface area contributed by atoms with Gasteiger partial charge in [-0.3, -0.25) is 5.01 Å². The molecule has 0 bridgehead atoms. The van der Waals surface area contributed by atoms with E-state index >= 15 is 0 Å². The fourth-order valence-electron chi connectivity index (χ4n) is 2.44. The molecule has 0 aromatic heterocycles. The highest BCUT2D eigenvalue weighted by atomic mass is 15.5. The Morgan fingerprint density at radius 2 is 1.82 bits per heavy atom. The highest BCUT2D eigenvalue weighted by molar-refractivity contribution is 5.57. The molecule has 1 aliphatic rings. The first-order valence-corrected chi connectivity index (χ1v) is 6.62. The molecular formula is C15H22N2. The molecule has 0 radical (unpaired) electrons. The Morgan fingerprint density at radius 3 is 2.47 bits per heavy atom. The van der Waals surface area contributed by atoms with Gasteiger partial charge in [-0.1, -0.05) is 30.3 Å². The molecule has 92 valence electrons. The third kappa shape index (κ3) is 3.32. The molecule has 2 heteroatoms. The van der Waals surface area contributed by atoms with Gasteiger partial charge in [0.1, 0.15) is 0 Å². The van der Waals surface area contributed by atoms with Crippen molar-refractivity contribution in [3.8, 4) is 0 Å². The van der Waals surface area contributed by atoms with E-state index in [-0.39, 0.29) is 0 Å². The lowest BCUT2D eigenvalue weighted by atomic mass is 10.1. The molecule has 0 aliphatic carbocycles. The zero-order valence-electron chi connectivity index (χ0n) is 10.8. The van der Waals surface area contributed by atoms with Crippen molar-refractivity contribution < 1.29 is 0 Å². The fraction of sp³-hybridized carbons (Fsp3) is 0.533. The second-order valence-corrected chi connectivity index (χ2v) is 4.98. The van der Waals surface area contributed by atoms with Crippen molar-refractivity contribution in [2.24, 2.45) is 5.10 Å². The molecular weight excluding hydrogens is 208 g/mol. The van der Waals surface area contributed by atoms with Gasteiger partial charge in [0.2, 0.25) is 0 Å². The maximum atomic E-state index is 4.61. The number of hydrogen-bond donors (Lipinski definition) is 0.